The molecule has 1 aromatic rings. The lowest BCUT2D eigenvalue weighted by molar-refractivity contribution is -0.386. The third kappa shape index (κ3) is 3.94. The Morgan fingerprint density at radius 1 is 1.39 bits per heavy atom. The summed E-state index contributed by atoms with van der Waals surface area (Å²) >= 11 is 0. The standard InChI is InChI=1S/C12H15N3O7S/c13-12(16)8-22-11-2-1-9(7-10(11)15(17)18)23(19,20)14-3-5-21-6-4-14/h1-2,7H,3-6,8H2,(H2,13,16). The number of carbonyl (C=O) groups is 1. The van der Waals surface area contributed by atoms with Crippen molar-refractivity contribution in [2.24, 2.45) is 5.73 Å². The normalized spacial score (nSPS) is 16.0. The number of nitro benzene ring substituents is 1. The molecule has 1 aliphatic heterocycles. The molecule has 23 heavy (non-hydrogen) atoms. The van der Waals surface area contributed by atoms with Gasteiger partial charge >= 0.3 is 5.69 Å². The van der Waals surface area contributed by atoms with Crippen LogP contribution in [0.4, 0.5) is 5.69 Å². The van der Waals surface area contributed by atoms with E-state index in [-0.39, 0.29) is 36.9 Å². The summed E-state index contributed by atoms with van der Waals surface area (Å²) in [5.41, 5.74) is 4.36. The molecule has 10 nitrogen and oxygen atoms in total. The Morgan fingerprint density at radius 3 is 2.61 bits per heavy atom. The first-order valence-corrected chi connectivity index (χ1v) is 8.04. The summed E-state index contributed by atoms with van der Waals surface area (Å²) < 4.78 is 36.2. The molecule has 1 saturated heterocycles. The fraction of sp³-hybridized carbons (Fsp3) is 0.417. The number of hydrogen-bond donors (Lipinski definition) is 1. The molecule has 1 amide bonds. The third-order valence-electron chi connectivity index (χ3n) is 3.10. The zero-order valence-corrected chi connectivity index (χ0v) is 12.8. The molecule has 0 saturated carbocycles. The van der Waals surface area contributed by atoms with Crippen molar-refractivity contribution in [2.75, 3.05) is 32.9 Å². The van der Waals surface area contributed by atoms with Gasteiger partial charge < -0.3 is 15.2 Å². The number of primary amides is 1. The van der Waals surface area contributed by atoms with Crippen molar-refractivity contribution in [3.63, 3.8) is 0 Å². The molecule has 0 unspecified atom stereocenters. The number of morpholine rings is 1. The lowest BCUT2D eigenvalue weighted by Crippen LogP contribution is -2.40. The van der Waals surface area contributed by atoms with E-state index in [9.17, 15) is 23.3 Å². The zero-order chi connectivity index (χ0) is 17.0. The van der Waals surface area contributed by atoms with Crippen molar-refractivity contribution in [2.45, 2.75) is 4.90 Å². The topological polar surface area (TPSA) is 142 Å². The molecule has 0 atom stereocenters. The van der Waals surface area contributed by atoms with Crippen LogP contribution in [-0.4, -0.2) is 56.5 Å². The van der Waals surface area contributed by atoms with Crippen molar-refractivity contribution in [1.29, 1.82) is 0 Å². The molecule has 1 heterocycles. The molecule has 0 aliphatic carbocycles. The summed E-state index contributed by atoms with van der Waals surface area (Å²) in [6.45, 7) is 0.338. The van der Waals surface area contributed by atoms with E-state index in [1.807, 2.05) is 0 Å². The van der Waals surface area contributed by atoms with Gasteiger partial charge in [0.05, 0.1) is 23.0 Å². The highest BCUT2D eigenvalue weighted by Gasteiger charge is 2.29. The smallest absolute Gasteiger partial charge is 0.312 e. The van der Waals surface area contributed by atoms with Gasteiger partial charge in [-0.2, -0.15) is 4.31 Å². The number of benzene rings is 1. The van der Waals surface area contributed by atoms with Gasteiger partial charge in [0, 0.05) is 19.2 Å². The minimum absolute atomic E-state index is 0.177. The summed E-state index contributed by atoms with van der Waals surface area (Å²) in [6.07, 6.45) is 0. The lowest BCUT2D eigenvalue weighted by atomic mass is 10.3. The highest BCUT2D eigenvalue weighted by molar-refractivity contribution is 7.89. The Balaban J connectivity index is 2.34. The van der Waals surface area contributed by atoms with Crippen molar-refractivity contribution in [3.8, 4) is 5.75 Å². The molecule has 2 N–H and O–H groups in total. The molecule has 1 aliphatic rings. The Kier molecular flexibility index (Phi) is 5.13. The van der Waals surface area contributed by atoms with Crippen molar-refractivity contribution in [3.05, 3.63) is 28.3 Å². The first kappa shape index (κ1) is 17.1. The van der Waals surface area contributed by atoms with Gasteiger partial charge in [0.15, 0.2) is 12.4 Å². The maximum atomic E-state index is 12.5. The molecule has 11 heteroatoms. The Morgan fingerprint density at radius 2 is 2.04 bits per heavy atom. The van der Waals surface area contributed by atoms with Gasteiger partial charge in [-0.3, -0.25) is 14.9 Å². The first-order valence-electron chi connectivity index (χ1n) is 6.60. The predicted octanol–water partition coefficient (Wildman–Crippen LogP) is -0.520. The van der Waals surface area contributed by atoms with Gasteiger partial charge in [0.25, 0.3) is 5.91 Å². The van der Waals surface area contributed by atoms with Crippen LogP contribution in [-0.2, 0) is 19.6 Å². The fourth-order valence-electron chi connectivity index (χ4n) is 2.01. The van der Waals surface area contributed by atoms with E-state index in [1.54, 1.807) is 0 Å². The fourth-order valence-corrected chi connectivity index (χ4v) is 3.44. The zero-order valence-electron chi connectivity index (χ0n) is 12.0. The van der Waals surface area contributed by atoms with Crippen molar-refractivity contribution >= 4 is 21.6 Å². The van der Waals surface area contributed by atoms with E-state index in [1.165, 1.54) is 10.4 Å². The summed E-state index contributed by atoms with van der Waals surface area (Å²) in [5.74, 6) is -1.03. The van der Waals surface area contributed by atoms with E-state index >= 15 is 0 Å². The summed E-state index contributed by atoms with van der Waals surface area (Å²) in [6, 6.07) is 3.23. The first-order chi connectivity index (χ1) is 10.8. The van der Waals surface area contributed by atoms with Crippen LogP contribution in [0.25, 0.3) is 0 Å². The van der Waals surface area contributed by atoms with Gasteiger partial charge in [0.1, 0.15) is 0 Å². The van der Waals surface area contributed by atoms with E-state index in [0.29, 0.717) is 0 Å². The number of amides is 1. The molecular formula is C12H15N3O7S. The van der Waals surface area contributed by atoms with Crippen LogP contribution in [0.15, 0.2) is 23.1 Å². The third-order valence-corrected chi connectivity index (χ3v) is 5.00. The number of nitrogens with zero attached hydrogens (tertiary/aromatic N) is 2. The van der Waals surface area contributed by atoms with Gasteiger partial charge in [0.2, 0.25) is 10.0 Å². The Bertz CT molecular complexity index is 713. The molecule has 1 aromatic carbocycles. The maximum Gasteiger partial charge on any atom is 0.312 e. The molecule has 0 aromatic heterocycles. The average molecular weight is 345 g/mol. The maximum absolute atomic E-state index is 12.5. The number of carbonyl (C=O) groups excluding carboxylic acids is 1. The van der Waals surface area contributed by atoms with Crippen LogP contribution >= 0.6 is 0 Å². The van der Waals surface area contributed by atoms with Crippen molar-refractivity contribution in [1.82, 2.24) is 4.31 Å². The number of hydrogen-bond acceptors (Lipinski definition) is 7. The second kappa shape index (κ2) is 6.89. The van der Waals surface area contributed by atoms with Gasteiger partial charge in [-0.25, -0.2) is 8.42 Å². The quantitative estimate of drug-likeness (QED) is 0.540. The van der Waals surface area contributed by atoms with Crippen LogP contribution in [0.3, 0.4) is 0 Å². The summed E-state index contributed by atoms with van der Waals surface area (Å²) in [4.78, 5) is 20.8. The van der Waals surface area contributed by atoms with Gasteiger partial charge in [-0.05, 0) is 12.1 Å². The molecule has 0 bridgehead atoms. The van der Waals surface area contributed by atoms with E-state index in [4.69, 9.17) is 15.2 Å². The number of sulfonamides is 1. The molecule has 2 rings (SSSR count). The average Bonchev–Trinajstić information content (AvgIpc) is 2.53. The van der Waals surface area contributed by atoms with Crippen LogP contribution < -0.4 is 10.5 Å². The summed E-state index contributed by atoms with van der Waals surface area (Å²) in [5, 5.41) is 11.1. The van der Waals surface area contributed by atoms with E-state index < -0.39 is 33.1 Å². The van der Waals surface area contributed by atoms with Crippen LogP contribution in [0.2, 0.25) is 0 Å². The van der Waals surface area contributed by atoms with E-state index in [2.05, 4.69) is 0 Å². The second-order valence-corrected chi connectivity index (χ2v) is 6.60. The second-order valence-electron chi connectivity index (χ2n) is 4.66. The molecular weight excluding hydrogens is 330 g/mol. The number of nitro groups is 1. The van der Waals surface area contributed by atoms with Crippen LogP contribution in [0.1, 0.15) is 0 Å². The SMILES string of the molecule is NC(=O)COc1ccc(S(=O)(=O)N2CCOCC2)cc1[N+](=O)[O-]. The van der Waals surface area contributed by atoms with E-state index in [0.717, 1.165) is 12.1 Å². The minimum Gasteiger partial charge on any atom is -0.477 e. The summed E-state index contributed by atoms with van der Waals surface area (Å²) in [7, 11) is -3.86. The number of nitrogens with two attached hydrogens (primary N) is 1. The van der Waals surface area contributed by atoms with Crippen molar-refractivity contribution < 1.29 is 27.6 Å². The predicted molar refractivity (Wildman–Crippen MR) is 77.4 cm³/mol. The monoisotopic (exact) mass is 345 g/mol. The largest absolute Gasteiger partial charge is 0.477 e. The van der Waals surface area contributed by atoms with Crippen LogP contribution in [0, 0.1) is 10.1 Å². The van der Waals surface area contributed by atoms with Gasteiger partial charge in [-0.1, -0.05) is 0 Å². The highest BCUT2D eigenvalue weighted by atomic mass is 32.2. The molecule has 0 spiro atoms. The van der Waals surface area contributed by atoms with Gasteiger partial charge in [-0.15, -0.1) is 0 Å². The number of ether oxygens (including phenoxy) is 2. The molecule has 126 valence electrons. The molecule has 0 radical (unpaired) electrons. The molecule has 1 fully saturated rings. The minimum atomic E-state index is -3.86. The van der Waals surface area contributed by atoms with Crippen LogP contribution in [0.5, 0.6) is 5.75 Å². The number of rotatable bonds is 6. The Labute approximate surface area is 132 Å². The lowest BCUT2D eigenvalue weighted by Gasteiger charge is -2.26. The highest BCUT2D eigenvalue weighted by Crippen LogP contribution is 2.31. The Hall–Kier alpha value is -2.24.